The van der Waals surface area contributed by atoms with Crippen molar-refractivity contribution < 1.29 is 18.9 Å². The van der Waals surface area contributed by atoms with Gasteiger partial charge in [0.25, 0.3) is 0 Å². The van der Waals surface area contributed by atoms with E-state index in [0.717, 1.165) is 54.8 Å². The second-order valence-electron chi connectivity index (χ2n) is 9.16. The maximum atomic E-state index is 6.22. The molecule has 0 aliphatic heterocycles. The van der Waals surface area contributed by atoms with Crippen LogP contribution < -0.4 is 18.9 Å². The van der Waals surface area contributed by atoms with Crippen molar-refractivity contribution >= 4 is 44.0 Å². The van der Waals surface area contributed by atoms with E-state index in [1.54, 1.807) is 28.4 Å². The number of hydrogen-bond acceptors (Lipinski definition) is 5. The molecule has 0 saturated heterocycles. The Bertz CT molecular complexity index is 1870. The van der Waals surface area contributed by atoms with E-state index in [2.05, 4.69) is 24.3 Å². The quantitative estimate of drug-likeness (QED) is 0.200. The van der Waals surface area contributed by atoms with Crippen LogP contribution in [0.3, 0.4) is 0 Å². The molecular formula is C33H26ClNO4. The number of methoxy groups -OCH3 is 4. The van der Waals surface area contributed by atoms with Crippen molar-refractivity contribution in [2.45, 2.75) is 0 Å². The molecule has 0 saturated carbocycles. The zero-order valence-electron chi connectivity index (χ0n) is 22.0. The normalized spacial score (nSPS) is 11.2. The van der Waals surface area contributed by atoms with Crippen LogP contribution in [-0.2, 0) is 0 Å². The molecule has 0 amide bonds. The van der Waals surface area contributed by atoms with Gasteiger partial charge in [0, 0.05) is 26.7 Å². The van der Waals surface area contributed by atoms with Gasteiger partial charge in [-0.3, -0.25) is 0 Å². The van der Waals surface area contributed by atoms with Gasteiger partial charge in [0.15, 0.2) is 23.0 Å². The molecule has 5 nitrogen and oxygen atoms in total. The first-order valence-corrected chi connectivity index (χ1v) is 12.8. The second-order valence-corrected chi connectivity index (χ2v) is 9.59. The summed E-state index contributed by atoms with van der Waals surface area (Å²) in [6, 6.07) is 28.3. The summed E-state index contributed by atoms with van der Waals surface area (Å²) in [6.07, 6.45) is 0. The lowest BCUT2D eigenvalue weighted by Crippen LogP contribution is -1.96. The van der Waals surface area contributed by atoms with E-state index >= 15 is 0 Å². The van der Waals surface area contributed by atoms with Crippen LogP contribution in [0.2, 0.25) is 5.02 Å². The summed E-state index contributed by atoms with van der Waals surface area (Å²) in [5.41, 5.74) is 4.79. The van der Waals surface area contributed by atoms with E-state index in [-0.39, 0.29) is 0 Å². The van der Waals surface area contributed by atoms with Gasteiger partial charge in [-0.05, 0) is 64.4 Å². The summed E-state index contributed by atoms with van der Waals surface area (Å²) < 4.78 is 22.5. The summed E-state index contributed by atoms with van der Waals surface area (Å²) in [6.45, 7) is 0. The minimum absolute atomic E-state index is 0.641. The molecule has 0 N–H and O–H groups in total. The average molecular weight is 536 g/mol. The van der Waals surface area contributed by atoms with Gasteiger partial charge in [0.2, 0.25) is 0 Å². The molecule has 1 aromatic heterocycles. The summed E-state index contributed by atoms with van der Waals surface area (Å²) in [4.78, 5) is 5.27. The van der Waals surface area contributed by atoms with Crippen LogP contribution >= 0.6 is 11.6 Å². The Morgan fingerprint density at radius 3 is 1.77 bits per heavy atom. The number of fused-ring (bicyclic) bond motifs is 5. The molecule has 0 spiro atoms. The van der Waals surface area contributed by atoms with Crippen LogP contribution in [-0.4, -0.2) is 33.4 Å². The van der Waals surface area contributed by atoms with Gasteiger partial charge in [-0.2, -0.15) is 0 Å². The van der Waals surface area contributed by atoms with Gasteiger partial charge in [0.1, 0.15) is 0 Å². The largest absolute Gasteiger partial charge is 0.493 e. The van der Waals surface area contributed by atoms with Crippen LogP contribution in [0.5, 0.6) is 23.0 Å². The predicted molar refractivity (Wildman–Crippen MR) is 159 cm³/mol. The van der Waals surface area contributed by atoms with Crippen molar-refractivity contribution in [2.24, 2.45) is 0 Å². The molecule has 39 heavy (non-hydrogen) atoms. The van der Waals surface area contributed by atoms with Crippen molar-refractivity contribution in [1.82, 2.24) is 4.98 Å². The molecule has 6 aromatic rings. The molecule has 5 aromatic carbocycles. The van der Waals surface area contributed by atoms with Gasteiger partial charge in [-0.15, -0.1) is 0 Å². The minimum Gasteiger partial charge on any atom is -0.493 e. The maximum absolute atomic E-state index is 6.22. The third-order valence-electron chi connectivity index (χ3n) is 7.12. The fourth-order valence-corrected chi connectivity index (χ4v) is 5.35. The molecule has 0 unspecified atom stereocenters. The van der Waals surface area contributed by atoms with E-state index in [1.807, 2.05) is 60.7 Å². The van der Waals surface area contributed by atoms with E-state index in [9.17, 15) is 0 Å². The summed E-state index contributed by atoms with van der Waals surface area (Å²) in [5, 5.41) is 5.78. The molecule has 0 aliphatic rings. The third kappa shape index (κ3) is 4.16. The average Bonchev–Trinajstić information content (AvgIpc) is 2.99. The van der Waals surface area contributed by atoms with Gasteiger partial charge in [0.05, 0.1) is 39.6 Å². The first-order valence-electron chi connectivity index (χ1n) is 12.5. The smallest absolute Gasteiger partial charge is 0.161 e. The highest BCUT2D eigenvalue weighted by molar-refractivity contribution is 6.30. The fraction of sp³-hybridized carbons (Fsp3) is 0.121. The Morgan fingerprint density at radius 2 is 1.10 bits per heavy atom. The Hall–Kier alpha value is -4.48. The maximum Gasteiger partial charge on any atom is 0.161 e. The molecule has 0 fully saturated rings. The van der Waals surface area contributed by atoms with Gasteiger partial charge < -0.3 is 18.9 Å². The molecule has 0 aliphatic carbocycles. The standard InChI is InChI=1S/C33H26ClNO4/c1-36-28-14-11-20(15-29(28)37-2)24-16-26-25-17-30(38-3)31(39-4)18-27(25)32(19-9-12-21(34)13-10-19)35-33(26)23-8-6-5-7-22(23)24/h5-18H,1-4H3. The van der Waals surface area contributed by atoms with E-state index in [1.165, 1.54) is 0 Å². The summed E-state index contributed by atoms with van der Waals surface area (Å²) in [7, 11) is 6.58. The van der Waals surface area contributed by atoms with Gasteiger partial charge >= 0.3 is 0 Å². The first kappa shape index (κ1) is 24.8. The number of ether oxygens (including phenoxy) is 4. The van der Waals surface area contributed by atoms with E-state index < -0.39 is 0 Å². The minimum atomic E-state index is 0.641. The number of pyridine rings is 1. The Balaban J connectivity index is 1.77. The number of rotatable bonds is 6. The lowest BCUT2D eigenvalue weighted by Gasteiger charge is -2.17. The predicted octanol–water partition coefficient (Wildman–Crippen LogP) is 8.56. The van der Waals surface area contributed by atoms with Crippen molar-refractivity contribution in [3.05, 3.63) is 90.0 Å². The molecule has 194 valence electrons. The molecule has 0 radical (unpaired) electrons. The Morgan fingerprint density at radius 1 is 0.513 bits per heavy atom. The molecule has 0 bridgehead atoms. The van der Waals surface area contributed by atoms with Crippen LogP contribution in [0, 0.1) is 0 Å². The van der Waals surface area contributed by atoms with Crippen molar-refractivity contribution in [3.8, 4) is 45.4 Å². The summed E-state index contributed by atoms with van der Waals surface area (Å²) in [5.74, 6) is 2.65. The lowest BCUT2D eigenvalue weighted by molar-refractivity contribution is 0.355. The number of aromatic nitrogens is 1. The molecular weight excluding hydrogens is 510 g/mol. The fourth-order valence-electron chi connectivity index (χ4n) is 5.23. The van der Waals surface area contributed by atoms with Gasteiger partial charge in [-0.25, -0.2) is 4.98 Å². The highest BCUT2D eigenvalue weighted by Gasteiger charge is 2.19. The van der Waals surface area contributed by atoms with E-state index in [4.69, 9.17) is 35.5 Å². The molecule has 0 atom stereocenters. The van der Waals surface area contributed by atoms with Crippen molar-refractivity contribution in [1.29, 1.82) is 0 Å². The van der Waals surface area contributed by atoms with Crippen LogP contribution in [0.4, 0.5) is 0 Å². The van der Waals surface area contributed by atoms with Gasteiger partial charge in [-0.1, -0.05) is 54.1 Å². The highest BCUT2D eigenvalue weighted by Crippen LogP contribution is 2.44. The number of nitrogens with zero attached hydrogens (tertiary/aromatic N) is 1. The number of halogens is 1. The zero-order chi connectivity index (χ0) is 27.1. The van der Waals surface area contributed by atoms with Crippen LogP contribution in [0.25, 0.3) is 54.8 Å². The van der Waals surface area contributed by atoms with Crippen molar-refractivity contribution in [2.75, 3.05) is 28.4 Å². The number of benzene rings is 5. The first-order chi connectivity index (χ1) is 19.1. The summed E-state index contributed by atoms with van der Waals surface area (Å²) >= 11 is 6.22. The van der Waals surface area contributed by atoms with Crippen LogP contribution in [0.15, 0.2) is 84.9 Å². The second kappa shape index (κ2) is 10.0. The van der Waals surface area contributed by atoms with E-state index in [0.29, 0.717) is 28.0 Å². The SMILES string of the molecule is COc1ccc(-c2cc3c4cc(OC)c(OC)cc4c(-c4ccc(Cl)cc4)nc3c3ccccc23)cc1OC. The molecule has 6 heteroatoms. The molecule has 6 rings (SSSR count). The zero-order valence-corrected chi connectivity index (χ0v) is 22.8. The molecule has 1 heterocycles. The third-order valence-corrected chi connectivity index (χ3v) is 7.37. The highest BCUT2D eigenvalue weighted by atomic mass is 35.5. The Labute approximate surface area is 231 Å². The van der Waals surface area contributed by atoms with Crippen molar-refractivity contribution in [3.63, 3.8) is 0 Å². The number of hydrogen-bond donors (Lipinski definition) is 0. The van der Waals surface area contributed by atoms with Crippen LogP contribution in [0.1, 0.15) is 0 Å². The lowest BCUT2D eigenvalue weighted by atomic mass is 9.92. The Kier molecular flexibility index (Phi) is 6.37. The monoisotopic (exact) mass is 535 g/mol. The topological polar surface area (TPSA) is 49.8 Å².